The molecule has 1 unspecified atom stereocenters. The Morgan fingerprint density at radius 2 is 2.00 bits per heavy atom. The van der Waals surface area contributed by atoms with E-state index in [0.717, 1.165) is 6.42 Å². The molecule has 1 saturated heterocycles. The second kappa shape index (κ2) is 8.00. The van der Waals surface area contributed by atoms with E-state index in [9.17, 15) is 5.26 Å². The summed E-state index contributed by atoms with van der Waals surface area (Å²) in [5, 5.41) is 15.5. The lowest BCUT2D eigenvalue weighted by molar-refractivity contribution is 0.233. The van der Waals surface area contributed by atoms with Crippen molar-refractivity contribution in [3.05, 3.63) is 56.8 Å². The molecule has 1 fully saturated rings. The summed E-state index contributed by atoms with van der Waals surface area (Å²) in [6.45, 7) is 7.03. The molecule has 2 aliphatic rings. The number of hydrogen-bond donors (Lipinski definition) is 1. The van der Waals surface area contributed by atoms with Crippen LogP contribution in [0.4, 0.5) is 4.39 Å². The second-order valence-corrected chi connectivity index (χ2v) is 10.2. The van der Waals surface area contributed by atoms with Crippen molar-refractivity contribution >= 4 is 34.8 Å². The van der Waals surface area contributed by atoms with Gasteiger partial charge in [0.25, 0.3) is 0 Å². The van der Waals surface area contributed by atoms with Crippen molar-refractivity contribution in [3.63, 3.8) is 0 Å². The van der Waals surface area contributed by atoms with Crippen LogP contribution < -0.4 is 5.32 Å². The maximum absolute atomic E-state index is 15.1. The summed E-state index contributed by atoms with van der Waals surface area (Å²) in [4.78, 5) is 0. The van der Waals surface area contributed by atoms with Crippen molar-refractivity contribution in [2.75, 3.05) is 6.54 Å². The number of allylic oxidation sites excluding steroid dienone is 3. The van der Waals surface area contributed by atoms with Gasteiger partial charge in [-0.05, 0) is 42.4 Å². The molecule has 0 saturated carbocycles. The Hall–Kier alpha value is -1.05. The molecule has 1 aromatic rings. The Labute approximate surface area is 181 Å². The average molecular weight is 442 g/mol. The predicted octanol–water partition coefficient (Wildman–Crippen LogP) is 6.53. The minimum Gasteiger partial charge on any atom is -0.311 e. The van der Waals surface area contributed by atoms with E-state index in [4.69, 9.17) is 34.8 Å². The van der Waals surface area contributed by atoms with E-state index in [-0.39, 0.29) is 23.3 Å². The number of rotatable bonds is 3. The zero-order valence-corrected chi connectivity index (χ0v) is 18.5. The Morgan fingerprint density at radius 1 is 1.29 bits per heavy atom. The highest BCUT2D eigenvalue weighted by Crippen LogP contribution is 2.50. The number of benzene rings is 1. The van der Waals surface area contributed by atoms with Gasteiger partial charge >= 0.3 is 0 Å². The van der Waals surface area contributed by atoms with Crippen LogP contribution in [0.3, 0.4) is 0 Å². The van der Waals surface area contributed by atoms with E-state index in [1.807, 2.05) is 6.08 Å². The van der Waals surface area contributed by atoms with E-state index in [2.05, 4.69) is 32.2 Å². The molecule has 1 aliphatic heterocycles. The summed E-state index contributed by atoms with van der Waals surface area (Å²) >= 11 is 18.6. The first-order valence-corrected chi connectivity index (χ1v) is 10.5. The molecule has 0 aromatic heterocycles. The highest BCUT2D eigenvalue weighted by atomic mass is 35.5. The minimum atomic E-state index is -1.06. The summed E-state index contributed by atoms with van der Waals surface area (Å²) < 4.78 is 15.1. The molecule has 0 amide bonds. The molecule has 6 heteroatoms. The number of hydrogen-bond acceptors (Lipinski definition) is 2. The normalized spacial score (nSPS) is 30.6. The summed E-state index contributed by atoms with van der Waals surface area (Å²) in [6.07, 6.45) is 5.00. The van der Waals surface area contributed by atoms with Crippen molar-refractivity contribution in [2.45, 2.75) is 45.1 Å². The molecule has 3 rings (SSSR count). The van der Waals surface area contributed by atoms with Crippen molar-refractivity contribution in [3.8, 4) is 6.07 Å². The smallest absolute Gasteiger partial charge is 0.129 e. The fraction of sp³-hybridized carbons (Fsp3) is 0.500. The first-order valence-electron chi connectivity index (χ1n) is 9.41. The van der Waals surface area contributed by atoms with Crippen LogP contribution in [0, 0.1) is 34.4 Å². The topological polar surface area (TPSA) is 35.8 Å². The molecule has 1 heterocycles. The molecule has 2 nitrogen and oxygen atoms in total. The maximum atomic E-state index is 15.1. The number of nitriles is 1. The monoisotopic (exact) mass is 440 g/mol. The van der Waals surface area contributed by atoms with Crippen molar-refractivity contribution in [2.24, 2.45) is 17.3 Å². The van der Waals surface area contributed by atoms with Gasteiger partial charge in [0.2, 0.25) is 0 Å². The van der Waals surface area contributed by atoms with E-state index in [1.54, 1.807) is 18.2 Å². The van der Waals surface area contributed by atoms with Crippen LogP contribution in [-0.2, 0) is 5.41 Å². The van der Waals surface area contributed by atoms with Gasteiger partial charge in [0.15, 0.2) is 0 Å². The number of nitrogens with one attached hydrogen (secondary N) is 1. The lowest BCUT2D eigenvalue weighted by Gasteiger charge is -2.40. The first-order chi connectivity index (χ1) is 13.1. The van der Waals surface area contributed by atoms with Crippen LogP contribution in [-0.4, -0.2) is 12.6 Å². The highest BCUT2D eigenvalue weighted by Gasteiger charge is 2.56. The van der Waals surface area contributed by atoms with Gasteiger partial charge in [0.05, 0.1) is 6.07 Å². The molecular formula is C22H24Cl3FN2. The van der Waals surface area contributed by atoms with Crippen molar-refractivity contribution < 1.29 is 4.39 Å². The van der Waals surface area contributed by atoms with Crippen LogP contribution in [0.1, 0.15) is 39.2 Å². The third kappa shape index (κ3) is 3.98. The Balaban J connectivity index is 2.14. The average Bonchev–Trinajstić information content (AvgIpc) is 2.92. The van der Waals surface area contributed by atoms with E-state index >= 15 is 4.39 Å². The molecule has 150 valence electrons. The lowest BCUT2D eigenvalue weighted by atomic mass is 9.62. The molecule has 4 atom stereocenters. The van der Waals surface area contributed by atoms with Crippen LogP contribution in [0.2, 0.25) is 5.02 Å². The minimum absolute atomic E-state index is 0.0123. The van der Waals surface area contributed by atoms with Crippen LogP contribution in [0.5, 0.6) is 0 Å². The van der Waals surface area contributed by atoms with Gasteiger partial charge in [0, 0.05) is 39.2 Å². The molecule has 1 N–H and O–H groups in total. The lowest BCUT2D eigenvalue weighted by Crippen LogP contribution is -2.48. The van der Waals surface area contributed by atoms with Gasteiger partial charge in [0.1, 0.15) is 11.2 Å². The standard InChI is InChI=1S/C22H24Cl3FN2/c1-21(2,3)10-13-11-28-20(16-6-4-14(23)8-18(16)25)22(13,12-27)17-7-5-15(24)9-19(17)26/h4-5,7-9,13,16,20,28H,6,10-11H2,1-3H3/t13-,16?,20-,22-/m1/s1. The Bertz CT molecular complexity index is 866. The van der Waals surface area contributed by atoms with Gasteiger partial charge in [-0.1, -0.05) is 67.7 Å². The molecule has 28 heavy (non-hydrogen) atoms. The summed E-state index contributed by atoms with van der Waals surface area (Å²) in [5.41, 5.74) is -0.686. The Kier molecular flexibility index (Phi) is 6.18. The molecule has 0 bridgehead atoms. The number of halogens is 4. The van der Waals surface area contributed by atoms with Gasteiger partial charge in [-0.3, -0.25) is 0 Å². The molecule has 0 spiro atoms. The third-order valence-electron chi connectivity index (χ3n) is 5.74. The fourth-order valence-electron chi connectivity index (χ4n) is 4.66. The summed E-state index contributed by atoms with van der Waals surface area (Å²) in [6, 6.07) is 6.78. The summed E-state index contributed by atoms with van der Waals surface area (Å²) in [7, 11) is 0. The third-order valence-corrected chi connectivity index (χ3v) is 6.63. The molecule has 0 radical (unpaired) electrons. The van der Waals surface area contributed by atoms with Gasteiger partial charge in [-0.15, -0.1) is 0 Å². The van der Waals surface area contributed by atoms with Crippen LogP contribution in [0.25, 0.3) is 0 Å². The highest BCUT2D eigenvalue weighted by molar-refractivity contribution is 6.35. The predicted molar refractivity (Wildman–Crippen MR) is 114 cm³/mol. The second-order valence-electron chi connectivity index (χ2n) is 8.91. The van der Waals surface area contributed by atoms with Crippen molar-refractivity contribution in [1.29, 1.82) is 5.26 Å². The van der Waals surface area contributed by atoms with E-state index < -0.39 is 11.2 Å². The zero-order chi connectivity index (χ0) is 20.7. The van der Waals surface area contributed by atoms with E-state index in [1.165, 1.54) is 6.07 Å². The van der Waals surface area contributed by atoms with Crippen molar-refractivity contribution in [1.82, 2.24) is 5.32 Å². The van der Waals surface area contributed by atoms with Gasteiger partial charge < -0.3 is 5.32 Å². The summed E-state index contributed by atoms with van der Waals surface area (Å²) in [5.74, 6) is -0.668. The van der Waals surface area contributed by atoms with Gasteiger partial charge in [-0.25, -0.2) is 4.39 Å². The fourth-order valence-corrected chi connectivity index (χ4v) is 5.41. The maximum Gasteiger partial charge on any atom is 0.129 e. The first kappa shape index (κ1) is 21.7. The number of nitrogens with zero attached hydrogens (tertiary/aromatic N) is 1. The molecule has 1 aliphatic carbocycles. The van der Waals surface area contributed by atoms with Gasteiger partial charge in [-0.2, -0.15) is 5.26 Å². The van der Waals surface area contributed by atoms with Crippen LogP contribution in [0.15, 0.2) is 40.4 Å². The quantitative estimate of drug-likeness (QED) is 0.579. The SMILES string of the molecule is CC(C)(C)C[C@@H]1CN[C@H](C2CC=C(Cl)C=C2Cl)[C@@]1(C#N)c1ccc(Cl)cc1F. The Morgan fingerprint density at radius 3 is 2.57 bits per heavy atom. The van der Waals surface area contributed by atoms with Crippen LogP contribution >= 0.6 is 34.8 Å². The molecule has 1 aromatic carbocycles. The van der Waals surface area contributed by atoms with E-state index in [0.29, 0.717) is 33.6 Å². The molecular weight excluding hydrogens is 418 g/mol. The largest absolute Gasteiger partial charge is 0.311 e. The zero-order valence-electron chi connectivity index (χ0n) is 16.2.